The van der Waals surface area contributed by atoms with E-state index in [1.54, 1.807) is 0 Å². The van der Waals surface area contributed by atoms with Crippen LogP contribution >= 0.6 is 12.6 Å². The normalized spacial score (nSPS) is 25.5. The number of carbonyl (C=O) groups excluding carboxylic acids is 1. The van der Waals surface area contributed by atoms with Crippen molar-refractivity contribution >= 4 is 17.9 Å². The summed E-state index contributed by atoms with van der Waals surface area (Å²) in [5.41, 5.74) is 0. The lowest BCUT2D eigenvalue weighted by Gasteiger charge is -2.39. The lowest BCUT2D eigenvalue weighted by molar-refractivity contribution is 0.107. The van der Waals surface area contributed by atoms with Crippen molar-refractivity contribution in [3.05, 3.63) is 0 Å². The highest BCUT2D eigenvalue weighted by Gasteiger charge is 2.26. The van der Waals surface area contributed by atoms with Crippen molar-refractivity contribution < 1.29 is 4.79 Å². The summed E-state index contributed by atoms with van der Waals surface area (Å²) in [6.07, 6.45) is 6.36. The second-order valence-corrected chi connectivity index (χ2v) is 4.98. The smallest absolute Gasteiger partial charge is 0.278 e. The van der Waals surface area contributed by atoms with E-state index in [1.807, 2.05) is 4.90 Å². The van der Waals surface area contributed by atoms with Crippen LogP contribution in [0.3, 0.4) is 0 Å². The Bertz CT molecular complexity index is 221. The van der Waals surface area contributed by atoms with Crippen LogP contribution < -0.4 is 0 Å². The molecule has 0 spiro atoms. The first kappa shape index (κ1) is 11.3. The SMILES string of the molecule is O=C(S)N1CCC(N2CCCCC2)CC1. The van der Waals surface area contributed by atoms with Crippen LogP contribution in [-0.4, -0.2) is 47.3 Å². The predicted molar refractivity (Wildman–Crippen MR) is 64.4 cm³/mol. The third-order valence-corrected chi connectivity index (χ3v) is 3.92. The number of hydrogen-bond donors (Lipinski definition) is 1. The van der Waals surface area contributed by atoms with Crippen LogP contribution in [0, 0.1) is 0 Å². The molecule has 0 aromatic heterocycles. The van der Waals surface area contributed by atoms with Gasteiger partial charge in [-0.05, 0) is 38.8 Å². The van der Waals surface area contributed by atoms with Gasteiger partial charge in [-0.3, -0.25) is 4.79 Å². The molecular weight excluding hydrogens is 208 g/mol. The Hall–Kier alpha value is -0.220. The van der Waals surface area contributed by atoms with E-state index in [4.69, 9.17) is 0 Å². The first-order valence-electron chi connectivity index (χ1n) is 5.99. The van der Waals surface area contributed by atoms with Crippen molar-refractivity contribution in [3.8, 4) is 0 Å². The largest absolute Gasteiger partial charge is 0.334 e. The molecule has 15 heavy (non-hydrogen) atoms. The zero-order chi connectivity index (χ0) is 10.7. The number of likely N-dealkylation sites (tertiary alicyclic amines) is 2. The average molecular weight is 228 g/mol. The zero-order valence-electron chi connectivity index (χ0n) is 9.19. The molecule has 0 aromatic carbocycles. The van der Waals surface area contributed by atoms with Crippen molar-refractivity contribution in [2.45, 2.75) is 38.1 Å². The lowest BCUT2D eigenvalue weighted by Crippen LogP contribution is -2.47. The number of thiol groups is 1. The Morgan fingerprint density at radius 2 is 1.60 bits per heavy atom. The van der Waals surface area contributed by atoms with Crippen LogP contribution in [0.4, 0.5) is 4.79 Å². The Labute approximate surface area is 97.2 Å². The summed E-state index contributed by atoms with van der Waals surface area (Å²) in [7, 11) is 0. The molecule has 0 N–H and O–H groups in total. The molecule has 2 aliphatic heterocycles. The fourth-order valence-corrected chi connectivity index (χ4v) is 2.91. The van der Waals surface area contributed by atoms with E-state index >= 15 is 0 Å². The molecule has 0 radical (unpaired) electrons. The van der Waals surface area contributed by atoms with Crippen LogP contribution in [-0.2, 0) is 0 Å². The first-order valence-corrected chi connectivity index (χ1v) is 6.44. The van der Waals surface area contributed by atoms with Gasteiger partial charge in [-0.15, -0.1) is 0 Å². The average Bonchev–Trinajstić information content (AvgIpc) is 2.30. The third kappa shape index (κ3) is 2.88. The number of nitrogens with zero attached hydrogens (tertiary/aromatic N) is 2. The molecule has 0 aliphatic carbocycles. The van der Waals surface area contributed by atoms with Gasteiger partial charge >= 0.3 is 0 Å². The fourth-order valence-electron chi connectivity index (χ4n) is 2.71. The number of carbonyl (C=O) groups is 1. The Morgan fingerprint density at radius 3 is 2.13 bits per heavy atom. The van der Waals surface area contributed by atoms with Gasteiger partial charge in [0.2, 0.25) is 0 Å². The zero-order valence-corrected chi connectivity index (χ0v) is 10.1. The molecule has 2 aliphatic rings. The van der Waals surface area contributed by atoms with Gasteiger partial charge in [0.1, 0.15) is 0 Å². The Balaban J connectivity index is 1.79. The van der Waals surface area contributed by atoms with E-state index in [0.717, 1.165) is 25.9 Å². The van der Waals surface area contributed by atoms with E-state index in [-0.39, 0.29) is 5.24 Å². The molecule has 2 saturated heterocycles. The highest BCUT2D eigenvalue weighted by molar-refractivity contribution is 7.96. The summed E-state index contributed by atoms with van der Waals surface area (Å²) < 4.78 is 0. The van der Waals surface area contributed by atoms with Gasteiger partial charge < -0.3 is 9.80 Å². The highest BCUT2D eigenvalue weighted by Crippen LogP contribution is 2.21. The Kier molecular flexibility index (Phi) is 3.92. The maximum absolute atomic E-state index is 11.1. The number of rotatable bonds is 1. The molecule has 0 aromatic rings. The van der Waals surface area contributed by atoms with Gasteiger partial charge in [0, 0.05) is 19.1 Å². The summed E-state index contributed by atoms with van der Waals surface area (Å²) in [4.78, 5) is 15.5. The molecule has 0 saturated carbocycles. The predicted octanol–water partition coefficient (Wildman–Crippen LogP) is 1.99. The van der Waals surface area contributed by atoms with Crippen molar-refractivity contribution in [3.63, 3.8) is 0 Å². The van der Waals surface area contributed by atoms with Gasteiger partial charge in [0.05, 0.1) is 0 Å². The summed E-state index contributed by atoms with van der Waals surface area (Å²) in [6, 6.07) is 0.717. The van der Waals surface area contributed by atoms with Gasteiger partial charge in [0.25, 0.3) is 5.24 Å². The fraction of sp³-hybridized carbons (Fsp3) is 0.909. The summed E-state index contributed by atoms with van der Waals surface area (Å²) in [6.45, 7) is 4.31. The molecule has 2 fully saturated rings. The maximum Gasteiger partial charge on any atom is 0.278 e. The van der Waals surface area contributed by atoms with E-state index in [1.165, 1.54) is 32.4 Å². The number of amides is 1. The molecule has 4 heteroatoms. The molecule has 86 valence electrons. The summed E-state index contributed by atoms with van der Waals surface area (Å²) in [5, 5.41) is -0.0629. The summed E-state index contributed by atoms with van der Waals surface area (Å²) in [5.74, 6) is 0. The second-order valence-electron chi connectivity index (χ2n) is 4.60. The third-order valence-electron chi connectivity index (χ3n) is 3.64. The lowest BCUT2D eigenvalue weighted by atomic mass is 10.0. The molecule has 2 heterocycles. The number of hydrogen-bond acceptors (Lipinski definition) is 2. The number of piperidine rings is 2. The highest BCUT2D eigenvalue weighted by atomic mass is 32.1. The minimum absolute atomic E-state index is 0.0629. The molecule has 0 unspecified atom stereocenters. The quantitative estimate of drug-likeness (QED) is 0.694. The summed E-state index contributed by atoms with van der Waals surface area (Å²) >= 11 is 3.87. The van der Waals surface area contributed by atoms with E-state index in [9.17, 15) is 4.79 Å². The van der Waals surface area contributed by atoms with Gasteiger partial charge in [0.15, 0.2) is 0 Å². The van der Waals surface area contributed by atoms with Gasteiger partial charge in [-0.2, -0.15) is 0 Å². The minimum atomic E-state index is -0.0629. The topological polar surface area (TPSA) is 23.6 Å². The minimum Gasteiger partial charge on any atom is -0.334 e. The van der Waals surface area contributed by atoms with Crippen LogP contribution in [0.15, 0.2) is 0 Å². The van der Waals surface area contributed by atoms with E-state index < -0.39 is 0 Å². The molecular formula is C11H20N2OS. The van der Waals surface area contributed by atoms with Crippen LogP contribution in [0.5, 0.6) is 0 Å². The van der Waals surface area contributed by atoms with Gasteiger partial charge in [-0.25, -0.2) is 0 Å². The van der Waals surface area contributed by atoms with Crippen LogP contribution in [0.1, 0.15) is 32.1 Å². The van der Waals surface area contributed by atoms with Gasteiger partial charge in [-0.1, -0.05) is 19.0 Å². The molecule has 1 amide bonds. The Morgan fingerprint density at radius 1 is 1.00 bits per heavy atom. The van der Waals surface area contributed by atoms with E-state index in [2.05, 4.69) is 17.5 Å². The first-order chi connectivity index (χ1) is 7.27. The second kappa shape index (κ2) is 5.21. The van der Waals surface area contributed by atoms with Crippen molar-refractivity contribution in [1.82, 2.24) is 9.80 Å². The molecule has 0 bridgehead atoms. The van der Waals surface area contributed by atoms with Crippen LogP contribution in [0.2, 0.25) is 0 Å². The van der Waals surface area contributed by atoms with Crippen LogP contribution in [0.25, 0.3) is 0 Å². The molecule has 2 rings (SSSR count). The van der Waals surface area contributed by atoms with Crippen molar-refractivity contribution in [1.29, 1.82) is 0 Å². The molecule has 0 atom stereocenters. The monoisotopic (exact) mass is 228 g/mol. The van der Waals surface area contributed by atoms with Crippen molar-refractivity contribution in [2.24, 2.45) is 0 Å². The molecule has 3 nitrogen and oxygen atoms in total. The van der Waals surface area contributed by atoms with E-state index in [0.29, 0.717) is 6.04 Å². The maximum atomic E-state index is 11.1. The standard InChI is InChI=1S/C11H20N2OS/c14-11(15)13-8-4-10(5-9-13)12-6-2-1-3-7-12/h10H,1-9H2,(H,14,15). The van der Waals surface area contributed by atoms with Crippen molar-refractivity contribution in [2.75, 3.05) is 26.2 Å².